The summed E-state index contributed by atoms with van der Waals surface area (Å²) in [6.07, 6.45) is 3.24. The number of rotatable bonds is 3. The summed E-state index contributed by atoms with van der Waals surface area (Å²) < 4.78 is 1.80. The van der Waals surface area contributed by atoms with Crippen LogP contribution in [0.1, 0.15) is 37.6 Å². The second kappa shape index (κ2) is 6.95. The van der Waals surface area contributed by atoms with Crippen LogP contribution in [0.2, 0.25) is 0 Å². The molecule has 2 saturated heterocycles. The Kier molecular flexibility index (Phi) is 4.92. The maximum absolute atomic E-state index is 12.6. The fraction of sp³-hybridized carbons (Fsp3) is 0.722. The average molecular weight is 332 g/mol. The van der Waals surface area contributed by atoms with E-state index < -0.39 is 0 Å². The van der Waals surface area contributed by atoms with Crippen LogP contribution in [0.4, 0.5) is 0 Å². The van der Waals surface area contributed by atoms with Crippen molar-refractivity contribution in [1.82, 2.24) is 19.6 Å². The van der Waals surface area contributed by atoms with Gasteiger partial charge in [-0.25, -0.2) is 0 Å². The Labute approximate surface area is 143 Å². The van der Waals surface area contributed by atoms with E-state index in [2.05, 4.69) is 5.10 Å². The maximum Gasteiger partial charge on any atom is 0.244 e. The molecule has 0 aromatic carbocycles. The molecule has 2 fully saturated rings. The number of hydrogen-bond donors (Lipinski definition) is 0. The van der Waals surface area contributed by atoms with Gasteiger partial charge in [0.2, 0.25) is 11.8 Å². The molecule has 0 spiro atoms. The molecule has 0 radical (unpaired) electrons. The first kappa shape index (κ1) is 17.0. The molecule has 24 heavy (non-hydrogen) atoms. The van der Waals surface area contributed by atoms with E-state index in [0.717, 1.165) is 56.8 Å². The summed E-state index contributed by atoms with van der Waals surface area (Å²) >= 11 is 0. The summed E-state index contributed by atoms with van der Waals surface area (Å²) in [5.74, 6) is 1.59. The summed E-state index contributed by atoms with van der Waals surface area (Å²) in [6, 6.07) is 2.00. The minimum atomic E-state index is 0.171. The number of hydrogen-bond acceptors (Lipinski definition) is 3. The highest BCUT2D eigenvalue weighted by atomic mass is 16.2. The zero-order valence-corrected chi connectivity index (χ0v) is 15.0. The predicted molar refractivity (Wildman–Crippen MR) is 91.4 cm³/mol. The minimum Gasteiger partial charge on any atom is -0.343 e. The smallest absolute Gasteiger partial charge is 0.244 e. The third-order valence-electron chi connectivity index (χ3n) is 5.62. The number of amides is 2. The van der Waals surface area contributed by atoms with E-state index in [1.165, 1.54) is 0 Å². The molecule has 2 aliphatic rings. The third-order valence-corrected chi connectivity index (χ3v) is 5.62. The van der Waals surface area contributed by atoms with Gasteiger partial charge in [0.1, 0.15) is 6.54 Å². The quantitative estimate of drug-likeness (QED) is 0.845. The van der Waals surface area contributed by atoms with Gasteiger partial charge < -0.3 is 9.80 Å². The van der Waals surface area contributed by atoms with Crippen molar-refractivity contribution in [3.8, 4) is 0 Å². The highest BCUT2D eigenvalue weighted by Gasteiger charge is 2.34. The summed E-state index contributed by atoms with van der Waals surface area (Å²) in [6.45, 7) is 9.39. The van der Waals surface area contributed by atoms with E-state index in [0.29, 0.717) is 18.4 Å². The molecule has 1 aromatic rings. The summed E-state index contributed by atoms with van der Waals surface area (Å²) in [5.41, 5.74) is 1.99. The zero-order valence-electron chi connectivity index (χ0n) is 15.0. The van der Waals surface area contributed by atoms with Gasteiger partial charge in [0.25, 0.3) is 0 Å². The van der Waals surface area contributed by atoms with Crippen LogP contribution in [0.25, 0.3) is 0 Å². The lowest BCUT2D eigenvalue weighted by Crippen LogP contribution is -2.39. The van der Waals surface area contributed by atoms with Crippen molar-refractivity contribution in [1.29, 1.82) is 0 Å². The van der Waals surface area contributed by atoms with Crippen molar-refractivity contribution in [2.75, 3.05) is 26.2 Å². The average Bonchev–Trinajstić information content (AvgIpc) is 3.15. The summed E-state index contributed by atoms with van der Waals surface area (Å²) in [7, 11) is 0. The molecule has 2 amide bonds. The lowest BCUT2D eigenvalue weighted by Gasteiger charge is -2.34. The topological polar surface area (TPSA) is 58.4 Å². The van der Waals surface area contributed by atoms with Gasteiger partial charge in [-0.15, -0.1) is 0 Å². The lowest BCUT2D eigenvalue weighted by atomic mass is 9.84. The lowest BCUT2D eigenvalue weighted by molar-refractivity contribution is -0.131. The van der Waals surface area contributed by atoms with Gasteiger partial charge in [-0.05, 0) is 51.0 Å². The first-order valence-electron chi connectivity index (χ1n) is 8.98. The van der Waals surface area contributed by atoms with E-state index in [9.17, 15) is 9.59 Å². The molecule has 6 heteroatoms. The second-order valence-corrected chi connectivity index (χ2v) is 7.32. The van der Waals surface area contributed by atoms with Gasteiger partial charge in [-0.3, -0.25) is 14.3 Å². The van der Waals surface area contributed by atoms with Gasteiger partial charge in [0.05, 0.1) is 5.69 Å². The fourth-order valence-electron chi connectivity index (χ4n) is 4.15. The molecule has 0 bridgehead atoms. The Morgan fingerprint density at radius 2 is 1.71 bits per heavy atom. The van der Waals surface area contributed by atoms with Gasteiger partial charge in [0, 0.05) is 38.8 Å². The molecule has 0 saturated carbocycles. The van der Waals surface area contributed by atoms with E-state index in [1.54, 1.807) is 11.6 Å². The van der Waals surface area contributed by atoms with Crippen LogP contribution in [-0.4, -0.2) is 57.6 Å². The Morgan fingerprint density at radius 1 is 1.08 bits per heavy atom. The highest BCUT2D eigenvalue weighted by Crippen LogP contribution is 2.32. The number of likely N-dealkylation sites (tertiary alicyclic amines) is 2. The zero-order chi connectivity index (χ0) is 17.3. The van der Waals surface area contributed by atoms with Crippen molar-refractivity contribution in [2.24, 2.45) is 11.8 Å². The van der Waals surface area contributed by atoms with Crippen LogP contribution in [0, 0.1) is 25.7 Å². The number of nitrogens with zero attached hydrogens (tertiary/aromatic N) is 4. The predicted octanol–water partition coefficient (Wildman–Crippen LogP) is 1.61. The van der Waals surface area contributed by atoms with Gasteiger partial charge in [-0.2, -0.15) is 5.10 Å². The first-order chi connectivity index (χ1) is 11.4. The minimum absolute atomic E-state index is 0.171. The molecule has 6 nitrogen and oxygen atoms in total. The number of piperidine rings is 1. The van der Waals surface area contributed by atoms with E-state index in [-0.39, 0.29) is 11.8 Å². The Morgan fingerprint density at radius 3 is 2.29 bits per heavy atom. The number of carbonyl (C=O) groups excluding carboxylic acids is 2. The van der Waals surface area contributed by atoms with Crippen LogP contribution in [0.15, 0.2) is 6.07 Å². The van der Waals surface area contributed by atoms with Crippen LogP contribution >= 0.6 is 0 Å². The molecule has 1 unspecified atom stereocenters. The van der Waals surface area contributed by atoms with Crippen molar-refractivity contribution >= 4 is 11.8 Å². The molecule has 3 rings (SSSR count). The van der Waals surface area contributed by atoms with Gasteiger partial charge >= 0.3 is 0 Å². The SMILES string of the molecule is CC(=O)N1CCC(C2CCN(C(=O)Cn3nc(C)cc3C)C2)CC1. The second-order valence-electron chi connectivity index (χ2n) is 7.32. The normalized spacial score (nSPS) is 22.2. The van der Waals surface area contributed by atoms with Crippen LogP contribution in [0.3, 0.4) is 0 Å². The number of aryl methyl sites for hydroxylation is 2. The van der Waals surface area contributed by atoms with Crippen LogP contribution < -0.4 is 0 Å². The number of carbonyl (C=O) groups is 2. The molecule has 2 aliphatic heterocycles. The largest absolute Gasteiger partial charge is 0.343 e. The molecule has 0 N–H and O–H groups in total. The third kappa shape index (κ3) is 3.62. The molecule has 1 aromatic heterocycles. The first-order valence-corrected chi connectivity index (χ1v) is 8.98. The fourth-order valence-corrected chi connectivity index (χ4v) is 4.15. The standard InChI is InChI=1S/C18H28N4O2/c1-13-10-14(2)22(19-13)12-18(24)21-9-6-17(11-21)16-4-7-20(8-5-16)15(3)23/h10,16-17H,4-9,11-12H2,1-3H3. The van der Waals surface area contributed by atoms with Crippen molar-refractivity contribution in [3.63, 3.8) is 0 Å². The molecule has 132 valence electrons. The molecular formula is C18H28N4O2. The van der Waals surface area contributed by atoms with E-state index in [4.69, 9.17) is 0 Å². The van der Waals surface area contributed by atoms with Crippen molar-refractivity contribution < 1.29 is 9.59 Å². The molecule has 3 heterocycles. The Bertz CT molecular complexity index is 617. The Hall–Kier alpha value is -1.85. The van der Waals surface area contributed by atoms with Crippen LogP contribution in [0.5, 0.6) is 0 Å². The van der Waals surface area contributed by atoms with Crippen molar-refractivity contribution in [3.05, 3.63) is 17.5 Å². The van der Waals surface area contributed by atoms with Crippen molar-refractivity contribution in [2.45, 2.75) is 46.6 Å². The molecule has 0 aliphatic carbocycles. The molecule has 1 atom stereocenters. The van der Waals surface area contributed by atoms with E-state index in [1.807, 2.05) is 29.7 Å². The molecular weight excluding hydrogens is 304 g/mol. The van der Waals surface area contributed by atoms with Gasteiger partial charge in [-0.1, -0.05) is 0 Å². The summed E-state index contributed by atoms with van der Waals surface area (Å²) in [4.78, 5) is 27.9. The van der Waals surface area contributed by atoms with Gasteiger partial charge in [0.15, 0.2) is 0 Å². The monoisotopic (exact) mass is 332 g/mol. The summed E-state index contributed by atoms with van der Waals surface area (Å²) in [5, 5.41) is 4.39. The number of aromatic nitrogens is 2. The highest BCUT2D eigenvalue weighted by molar-refractivity contribution is 5.76. The van der Waals surface area contributed by atoms with E-state index >= 15 is 0 Å². The van der Waals surface area contributed by atoms with Crippen LogP contribution in [-0.2, 0) is 16.1 Å². The maximum atomic E-state index is 12.6. The Balaban J connectivity index is 1.51.